The minimum absolute atomic E-state index is 0.372. The number of nitrogens with one attached hydrogen (secondary N) is 3. The molecule has 11 nitrogen and oxygen atoms in total. The fraction of sp³-hybridized carbons (Fsp3) is 0.615. The molecule has 0 heterocycles. The first-order chi connectivity index (χ1) is 11.7. The van der Waals surface area contributed by atoms with Gasteiger partial charge in [-0.3, -0.25) is 19.2 Å². The van der Waals surface area contributed by atoms with E-state index in [9.17, 15) is 24.0 Å². The lowest BCUT2D eigenvalue weighted by Crippen LogP contribution is -2.49. The van der Waals surface area contributed by atoms with Gasteiger partial charge in [-0.1, -0.05) is 0 Å². The molecule has 0 aromatic carbocycles. The summed E-state index contributed by atoms with van der Waals surface area (Å²) in [6, 6.07) is -2.20. The number of primary amides is 1. The van der Waals surface area contributed by atoms with Crippen LogP contribution in [0.25, 0.3) is 0 Å². The van der Waals surface area contributed by atoms with E-state index < -0.39 is 54.6 Å². The number of hydrogen-bond acceptors (Lipinski definition) is 7. The first-order valence-electron chi connectivity index (χ1n) is 7.26. The maximum absolute atomic E-state index is 11.6. The number of thioether (sulfide) groups is 1. The minimum atomic E-state index is -1.48. The number of nitrogens with two attached hydrogens (primary N) is 2. The molecule has 12 heteroatoms. The van der Waals surface area contributed by atoms with Gasteiger partial charge in [0.2, 0.25) is 23.6 Å². The predicted molar refractivity (Wildman–Crippen MR) is 90.4 cm³/mol. The second-order valence-electron chi connectivity index (χ2n) is 5.01. The van der Waals surface area contributed by atoms with Gasteiger partial charge in [0, 0.05) is 0 Å². The SMILES string of the molecule is CSCCC(N)C(=O)NCC(=O)NCC(=O)NC(CC(N)=O)C(=O)O. The van der Waals surface area contributed by atoms with Gasteiger partial charge < -0.3 is 32.5 Å². The highest BCUT2D eigenvalue weighted by molar-refractivity contribution is 7.98. The molecule has 0 aromatic heterocycles. The van der Waals surface area contributed by atoms with Crippen molar-refractivity contribution in [1.29, 1.82) is 0 Å². The number of rotatable bonds is 12. The lowest BCUT2D eigenvalue weighted by molar-refractivity contribution is -0.143. The van der Waals surface area contributed by atoms with Gasteiger partial charge in [0.1, 0.15) is 6.04 Å². The van der Waals surface area contributed by atoms with E-state index in [1.54, 1.807) is 0 Å². The van der Waals surface area contributed by atoms with E-state index in [0.29, 0.717) is 12.2 Å². The van der Waals surface area contributed by atoms with E-state index in [-0.39, 0.29) is 6.54 Å². The average molecular weight is 377 g/mol. The third kappa shape index (κ3) is 10.9. The Morgan fingerprint density at radius 1 is 1.08 bits per heavy atom. The highest BCUT2D eigenvalue weighted by Gasteiger charge is 2.22. The second kappa shape index (κ2) is 12.1. The summed E-state index contributed by atoms with van der Waals surface area (Å²) in [7, 11) is 0. The van der Waals surface area contributed by atoms with Crippen LogP contribution in [0.2, 0.25) is 0 Å². The molecule has 0 aromatic rings. The van der Waals surface area contributed by atoms with Crippen molar-refractivity contribution in [2.45, 2.75) is 24.9 Å². The molecule has 0 fully saturated rings. The zero-order chi connectivity index (χ0) is 19.4. The molecule has 142 valence electrons. The Balaban J connectivity index is 4.15. The van der Waals surface area contributed by atoms with Gasteiger partial charge in [-0.05, 0) is 18.4 Å². The standard InChI is InChI=1S/C13H23N5O6S/c1-25-3-2-7(14)12(22)17-5-10(20)16-6-11(21)18-8(13(23)24)4-9(15)19/h7-8H,2-6,14H2,1H3,(H2,15,19)(H,16,20)(H,17,22)(H,18,21)(H,23,24). The molecule has 0 bridgehead atoms. The van der Waals surface area contributed by atoms with Crippen molar-refractivity contribution in [3.8, 4) is 0 Å². The summed E-state index contributed by atoms with van der Waals surface area (Å²) < 4.78 is 0. The number of aliphatic carboxylic acids is 1. The van der Waals surface area contributed by atoms with Gasteiger partial charge in [-0.25, -0.2) is 4.79 Å². The smallest absolute Gasteiger partial charge is 0.326 e. The van der Waals surface area contributed by atoms with Gasteiger partial charge in [0.05, 0.1) is 25.6 Å². The Morgan fingerprint density at radius 2 is 1.68 bits per heavy atom. The molecule has 0 saturated heterocycles. The van der Waals surface area contributed by atoms with E-state index in [1.807, 2.05) is 11.6 Å². The first-order valence-corrected chi connectivity index (χ1v) is 8.66. The maximum atomic E-state index is 11.6. The first kappa shape index (κ1) is 22.7. The number of carbonyl (C=O) groups excluding carboxylic acids is 4. The van der Waals surface area contributed by atoms with Crippen molar-refractivity contribution in [1.82, 2.24) is 16.0 Å². The molecule has 0 aliphatic rings. The van der Waals surface area contributed by atoms with E-state index in [1.165, 1.54) is 11.8 Å². The molecule has 2 atom stereocenters. The third-order valence-electron chi connectivity index (χ3n) is 2.88. The molecule has 4 amide bonds. The average Bonchev–Trinajstić information content (AvgIpc) is 2.54. The van der Waals surface area contributed by atoms with Crippen molar-refractivity contribution < 1.29 is 29.1 Å². The zero-order valence-electron chi connectivity index (χ0n) is 13.7. The predicted octanol–water partition coefficient (Wildman–Crippen LogP) is -3.26. The molecule has 0 aliphatic heterocycles. The lowest BCUT2D eigenvalue weighted by atomic mass is 10.2. The van der Waals surface area contributed by atoms with Gasteiger partial charge in [0.15, 0.2) is 0 Å². The van der Waals surface area contributed by atoms with Crippen molar-refractivity contribution in [2.24, 2.45) is 11.5 Å². The van der Waals surface area contributed by atoms with Gasteiger partial charge in [0.25, 0.3) is 0 Å². The molecule has 0 saturated carbocycles. The molecular formula is C13H23N5O6S. The van der Waals surface area contributed by atoms with Crippen LogP contribution in [0.15, 0.2) is 0 Å². The van der Waals surface area contributed by atoms with Crippen LogP contribution in [0.3, 0.4) is 0 Å². The van der Waals surface area contributed by atoms with Crippen LogP contribution in [0, 0.1) is 0 Å². The molecule has 0 aliphatic carbocycles. The van der Waals surface area contributed by atoms with Gasteiger partial charge in [-0.2, -0.15) is 11.8 Å². The second-order valence-corrected chi connectivity index (χ2v) is 6.00. The Bertz CT molecular complexity index is 515. The van der Waals surface area contributed by atoms with E-state index in [0.717, 1.165) is 0 Å². The largest absolute Gasteiger partial charge is 0.480 e. The van der Waals surface area contributed by atoms with Gasteiger partial charge >= 0.3 is 5.97 Å². The normalized spacial score (nSPS) is 12.6. The molecule has 8 N–H and O–H groups in total. The van der Waals surface area contributed by atoms with E-state index >= 15 is 0 Å². The lowest BCUT2D eigenvalue weighted by Gasteiger charge is -2.14. The number of hydrogen-bond donors (Lipinski definition) is 6. The van der Waals surface area contributed by atoms with Crippen LogP contribution in [0.1, 0.15) is 12.8 Å². The van der Waals surface area contributed by atoms with Crippen molar-refractivity contribution in [3.63, 3.8) is 0 Å². The van der Waals surface area contributed by atoms with Crippen LogP contribution in [-0.2, 0) is 24.0 Å². The highest BCUT2D eigenvalue weighted by Crippen LogP contribution is 1.98. The third-order valence-corrected chi connectivity index (χ3v) is 3.52. The molecule has 2 unspecified atom stereocenters. The zero-order valence-corrected chi connectivity index (χ0v) is 14.6. The fourth-order valence-electron chi connectivity index (χ4n) is 1.56. The van der Waals surface area contributed by atoms with Crippen LogP contribution < -0.4 is 27.4 Å². The maximum Gasteiger partial charge on any atom is 0.326 e. The topological polar surface area (TPSA) is 194 Å². The quantitative estimate of drug-likeness (QED) is 0.204. The molecule has 25 heavy (non-hydrogen) atoms. The number of carboxylic acid groups (broad SMARTS) is 1. The number of carboxylic acids is 1. The van der Waals surface area contributed by atoms with Crippen LogP contribution in [0.4, 0.5) is 0 Å². The summed E-state index contributed by atoms with van der Waals surface area (Å²) in [6.45, 7) is -0.890. The van der Waals surface area contributed by atoms with E-state index in [4.69, 9.17) is 16.6 Å². The summed E-state index contributed by atoms with van der Waals surface area (Å²) in [5, 5.41) is 15.4. The van der Waals surface area contributed by atoms with Crippen molar-refractivity contribution in [3.05, 3.63) is 0 Å². The van der Waals surface area contributed by atoms with Crippen LogP contribution in [-0.4, -0.2) is 71.9 Å². The summed E-state index contributed by atoms with van der Waals surface area (Å²) in [4.78, 5) is 56.3. The van der Waals surface area contributed by atoms with Crippen LogP contribution in [0.5, 0.6) is 0 Å². The summed E-state index contributed by atoms with van der Waals surface area (Å²) in [6.07, 6.45) is 1.77. The Hall–Kier alpha value is -2.34. The number of amides is 4. The fourth-order valence-corrected chi connectivity index (χ4v) is 2.05. The monoisotopic (exact) mass is 377 g/mol. The summed E-state index contributed by atoms with van der Waals surface area (Å²) in [5.41, 5.74) is 10.5. The Morgan fingerprint density at radius 3 is 2.20 bits per heavy atom. The molecular weight excluding hydrogens is 354 g/mol. The van der Waals surface area contributed by atoms with Crippen molar-refractivity contribution in [2.75, 3.05) is 25.1 Å². The van der Waals surface area contributed by atoms with Crippen LogP contribution >= 0.6 is 11.8 Å². The number of carbonyl (C=O) groups is 5. The van der Waals surface area contributed by atoms with Crippen molar-refractivity contribution >= 4 is 41.4 Å². The van der Waals surface area contributed by atoms with Gasteiger partial charge in [-0.15, -0.1) is 0 Å². The molecule has 0 rings (SSSR count). The van der Waals surface area contributed by atoms with E-state index in [2.05, 4.69) is 10.6 Å². The highest BCUT2D eigenvalue weighted by atomic mass is 32.2. The molecule has 0 radical (unpaired) electrons. The Kier molecular flexibility index (Phi) is 11.0. The minimum Gasteiger partial charge on any atom is -0.480 e. The Labute approximate surface area is 148 Å². The summed E-state index contributed by atoms with van der Waals surface area (Å²) >= 11 is 1.54. The summed E-state index contributed by atoms with van der Waals surface area (Å²) in [5.74, 6) is -3.56. The molecule has 0 spiro atoms.